The van der Waals surface area contributed by atoms with Gasteiger partial charge in [0.25, 0.3) is 0 Å². The number of carbonyl (C=O) groups is 4. The standard InChI is InChI=1S/C56H70O9/c1-28-23-37-49(6,45(61)42(28)59)17-21-51(8)36-14-13-31-32(47(36,4)15-19-52(37,51)9)26-40(58)56(63)55(31,12)65-44-30(3)41-33(25-35(44)64-56)48(5)16-20-53(10)38-24-29(2)43(60)46(62)50(38,7)18-22-54(53,11)39(48)27-34(41)57/h13-14,25-29,37-38,45-46,61-63H,15-24H2,1-12H3/t28-,29-,37-,38-,45-,46-,47+,48+,49-,50-,51-,52+,53+,54-,55-,56+/m1/s1. The number of ether oxygens (including phenoxy) is 2. The van der Waals surface area contributed by atoms with E-state index in [0.29, 0.717) is 35.3 Å². The van der Waals surface area contributed by atoms with E-state index in [1.807, 2.05) is 39.0 Å². The molecule has 0 radical (unpaired) electrons. The van der Waals surface area contributed by atoms with Crippen LogP contribution in [0.1, 0.15) is 162 Å². The highest BCUT2D eigenvalue weighted by molar-refractivity contribution is 6.10. The minimum absolute atomic E-state index is 0.0427. The summed E-state index contributed by atoms with van der Waals surface area (Å²) < 4.78 is 13.8. The zero-order valence-corrected chi connectivity index (χ0v) is 40.7. The number of rotatable bonds is 0. The molecule has 1 aliphatic heterocycles. The number of aliphatic hydroxyl groups is 3. The molecule has 0 amide bonds. The lowest BCUT2D eigenvalue weighted by molar-refractivity contribution is -0.231. The number of hydrogen-bond donors (Lipinski definition) is 3. The first-order valence-corrected chi connectivity index (χ1v) is 24.8. The van der Waals surface area contributed by atoms with Gasteiger partial charge >= 0.3 is 5.79 Å². The van der Waals surface area contributed by atoms with E-state index in [0.717, 1.165) is 68.1 Å². The lowest BCUT2D eigenvalue weighted by Crippen LogP contribution is -2.70. The summed E-state index contributed by atoms with van der Waals surface area (Å²) in [7, 11) is 0. The Morgan fingerprint density at radius 2 is 1.14 bits per heavy atom. The molecule has 9 heteroatoms. The number of allylic oxidation sites excluding steroid dienone is 5. The third-order valence-corrected chi connectivity index (χ3v) is 22.8. The summed E-state index contributed by atoms with van der Waals surface area (Å²) in [5.74, 6) is -2.81. The van der Waals surface area contributed by atoms with Crippen molar-refractivity contribution in [1.82, 2.24) is 0 Å². The summed E-state index contributed by atoms with van der Waals surface area (Å²) in [6.45, 7) is 25.5. The Labute approximate surface area is 384 Å². The number of carbonyl (C=O) groups excluding carboxylic acids is 4. The smallest absolute Gasteiger partial charge is 0.317 e. The van der Waals surface area contributed by atoms with E-state index in [9.17, 15) is 34.5 Å². The van der Waals surface area contributed by atoms with E-state index >= 15 is 0 Å². The lowest BCUT2D eigenvalue weighted by atomic mass is 9.34. The van der Waals surface area contributed by atoms with Crippen LogP contribution in [0.15, 0.2) is 52.7 Å². The fourth-order valence-electron chi connectivity index (χ4n) is 18.0. The van der Waals surface area contributed by atoms with Crippen LogP contribution in [0.4, 0.5) is 0 Å². The molecule has 1 aromatic rings. The maximum Gasteiger partial charge on any atom is 0.317 e. The normalized spacial score (nSPS) is 51.4. The molecule has 0 aromatic heterocycles. The number of fused-ring (bicyclic) bond motifs is 17. The van der Waals surface area contributed by atoms with Crippen LogP contribution >= 0.6 is 0 Å². The Bertz CT molecular complexity index is 2620. The van der Waals surface area contributed by atoms with Gasteiger partial charge in [0.15, 0.2) is 28.8 Å². The summed E-state index contributed by atoms with van der Waals surface area (Å²) in [5.41, 5.74) is 0.826. The average Bonchev–Trinajstić information content (AvgIpc) is 3.25. The fraction of sp³-hybridized carbons (Fsp3) is 0.679. The zero-order chi connectivity index (χ0) is 47.0. The summed E-state index contributed by atoms with van der Waals surface area (Å²) in [6.07, 6.45) is 13.3. The number of benzene rings is 1. The molecule has 1 aromatic carbocycles. The molecule has 11 rings (SSSR count). The van der Waals surface area contributed by atoms with Gasteiger partial charge < -0.3 is 24.8 Å². The Kier molecular flexibility index (Phi) is 8.44. The molecule has 9 aliphatic carbocycles. The molecular weight excluding hydrogens is 817 g/mol. The number of hydrogen-bond acceptors (Lipinski definition) is 9. The van der Waals surface area contributed by atoms with Gasteiger partial charge in [0.1, 0.15) is 12.2 Å². The number of Topliss-reactive ketones (excluding diaryl/α,β-unsaturated/α-hetero) is 2. The van der Waals surface area contributed by atoms with Gasteiger partial charge in [0.2, 0.25) is 11.4 Å². The Balaban J connectivity index is 0.984. The van der Waals surface area contributed by atoms with Crippen molar-refractivity contribution in [3.63, 3.8) is 0 Å². The summed E-state index contributed by atoms with van der Waals surface area (Å²) >= 11 is 0. The van der Waals surface area contributed by atoms with Crippen molar-refractivity contribution in [2.24, 2.45) is 61.6 Å². The van der Waals surface area contributed by atoms with Crippen LogP contribution in [0.5, 0.6) is 11.5 Å². The van der Waals surface area contributed by atoms with Crippen molar-refractivity contribution >= 4 is 23.1 Å². The first-order valence-electron chi connectivity index (χ1n) is 24.8. The number of ketones is 4. The van der Waals surface area contributed by atoms with Crippen molar-refractivity contribution in [3.8, 4) is 11.5 Å². The van der Waals surface area contributed by atoms with Crippen LogP contribution < -0.4 is 9.47 Å². The van der Waals surface area contributed by atoms with Crippen LogP contribution in [-0.4, -0.2) is 62.0 Å². The molecule has 6 saturated carbocycles. The molecular formula is C56H70O9. The zero-order valence-electron chi connectivity index (χ0n) is 40.7. The molecule has 0 bridgehead atoms. The van der Waals surface area contributed by atoms with E-state index in [1.165, 1.54) is 5.57 Å². The van der Waals surface area contributed by atoms with Crippen molar-refractivity contribution in [2.75, 3.05) is 0 Å². The molecule has 65 heavy (non-hydrogen) atoms. The SMILES string of the molecule is Cc1c2c(cc3c1C(=O)C=C1[C@@]3(C)CC[C@@]3(C)[C@@H]4C[C@@H](C)C(=O)[C@@H](O)[C@]4(C)CC[C@]13C)O[C@@]1(O)C(=O)C=C3C(=CC=C4[C@@]3(C)CC[C@@]3(C)[C@@H]5C[C@@H](C)C(=O)[C@@H](O)[C@]5(C)CC[C@]43C)[C@@]1(C)O2. The molecule has 0 spiro atoms. The second-order valence-corrected chi connectivity index (χ2v) is 25.3. The van der Waals surface area contributed by atoms with Crippen LogP contribution in [0, 0.1) is 68.5 Å². The van der Waals surface area contributed by atoms with Crippen LogP contribution in [0.2, 0.25) is 0 Å². The van der Waals surface area contributed by atoms with Gasteiger partial charge in [-0.3, -0.25) is 19.2 Å². The molecule has 348 valence electrons. The van der Waals surface area contributed by atoms with Crippen LogP contribution in [0.25, 0.3) is 0 Å². The van der Waals surface area contributed by atoms with Gasteiger partial charge in [-0.2, -0.15) is 0 Å². The maximum absolute atomic E-state index is 14.8. The summed E-state index contributed by atoms with van der Waals surface area (Å²) in [4.78, 5) is 56.0. The second kappa shape index (κ2) is 12.5. The van der Waals surface area contributed by atoms with Gasteiger partial charge in [0.05, 0.1) is 0 Å². The van der Waals surface area contributed by atoms with Gasteiger partial charge in [-0.25, -0.2) is 0 Å². The van der Waals surface area contributed by atoms with Gasteiger partial charge in [-0.05, 0) is 146 Å². The molecule has 6 fully saturated rings. The maximum atomic E-state index is 14.8. The number of aliphatic hydroxyl groups excluding tert-OH is 2. The van der Waals surface area contributed by atoms with Gasteiger partial charge in [-0.1, -0.05) is 87.0 Å². The highest BCUT2D eigenvalue weighted by Crippen LogP contribution is 2.77. The van der Waals surface area contributed by atoms with E-state index in [1.54, 1.807) is 13.0 Å². The van der Waals surface area contributed by atoms with Crippen molar-refractivity contribution < 1.29 is 44.0 Å². The van der Waals surface area contributed by atoms with Crippen molar-refractivity contribution in [1.29, 1.82) is 0 Å². The fourth-order valence-corrected chi connectivity index (χ4v) is 18.0. The predicted octanol–water partition coefficient (Wildman–Crippen LogP) is 9.36. The van der Waals surface area contributed by atoms with Crippen LogP contribution in [0.3, 0.4) is 0 Å². The lowest BCUT2D eigenvalue weighted by Gasteiger charge is -2.70. The quantitative estimate of drug-likeness (QED) is 0.232. The highest BCUT2D eigenvalue weighted by Gasteiger charge is 2.73. The van der Waals surface area contributed by atoms with Crippen molar-refractivity contribution in [2.45, 2.75) is 176 Å². The third-order valence-electron chi connectivity index (χ3n) is 22.8. The van der Waals surface area contributed by atoms with Crippen LogP contribution in [-0.2, 0) is 19.8 Å². The van der Waals surface area contributed by atoms with E-state index < -0.39 is 56.5 Å². The molecule has 0 unspecified atom stereocenters. The molecule has 0 saturated heterocycles. The second-order valence-electron chi connectivity index (χ2n) is 25.3. The Hall–Kier alpha value is -3.66. The molecule has 3 N–H and O–H groups in total. The first kappa shape index (κ1) is 43.9. The summed E-state index contributed by atoms with van der Waals surface area (Å²) in [6, 6.07) is 1.86. The third kappa shape index (κ3) is 4.64. The van der Waals surface area contributed by atoms with Gasteiger partial charge in [0, 0.05) is 50.2 Å². The minimum Gasteiger partial charge on any atom is -0.471 e. The molecule has 16 atom stereocenters. The topological polar surface area (TPSA) is 147 Å². The Morgan fingerprint density at radius 3 is 1.69 bits per heavy atom. The molecule has 10 aliphatic rings. The van der Waals surface area contributed by atoms with E-state index in [4.69, 9.17) is 9.47 Å². The average molecular weight is 887 g/mol. The predicted molar refractivity (Wildman–Crippen MR) is 245 cm³/mol. The summed E-state index contributed by atoms with van der Waals surface area (Å²) in [5, 5.41) is 35.7. The molecule has 9 nitrogen and oxygen atoms in total. The van der Waals surface area contributed by atoms with Gasteiger partial charge in [-0.15, -0.1) is 0 Å². The molecule has 1 heterocycles. The van der Waals surface area contributed by atoms with E-state index in [-0.39, 0.29) is 63.0 Å². The van der Waals surface area contributed by atoms with Crippen molar-refractivity contribution in [3.05, 3.63) is 69.4 Å². The minimum atomic E-state index is -2.39. The largest absolute Gasteiger partial charge is 0.471 e. The van der Waals surface area contributed by atoms with E-state index in [2.05, 4.69) is 61.5 Å². The Morgan fingerprint density at radius 1 is 0.615 bits per heavy atom. The highest BCUT2D eigenvalue weighted by atomic mass is 16.7. The first-order chi connectivity index (χ1) is 30.1. The monoisotopic (exact) mass is 887 g/mol.